The maximum Gasteiger partial charge on any atom is 0.119 e. The van der Waals surface area contributed by atoms with E-state index in [1.165, 1.54) is 11.1 Å². The van der Waals surface area contributed by atoms with Crippen LogP contribution in [0.5, 0.6) is 5.75 Å². The third-order valence-corrected chi connectivity index (χ3v) is 4.20. The fraction of sp³-hybridized carbons (Fsp3) is 0.647. The van der Waals surface area contributed by atoms with Crippen LogP contribution in [0, 0.1) is 12.8 Å². The van der Waals surface area contributed by atoms with Gasteiger partial charge in [0.2, 0.25) is 0 Å². The number of benzene rings is 1. The van der Waals surface area contributed by atoms with Crippen molar-refractivity contribution in [2.24, 2.45) is 5.92 Å². The highest BCUT2D eigenvalue weighted by atomic mass is 16.5. The fourth-order valence-electron chi connectivity index (χ4n) is 2.97. The average Bonchev–Trinajstić information content (AvgIpc) is 2.87. The summed E-state index contributed by atoms with van der Waals surface area (Å²) in [4.78, 5) is 0. The Labute approximate surface area is 122 Å². The molecule has 1 aliphatic heterocycles. The Balaban J connectivity index is 2.25. The number of ether oxygens (including phenoxy) is 2. The van der Waals surface area contributed by atoms with Crippen LogP contribution in [0.1, 0.15) is 43.9 Å². The molecular weight excluding hydrogens is 250 g/mol. The van der Waals surface area contributed by atoms with E-state index in [0.29, 0.717) is 5.92 Å². The predicted molar refractivity (Wildman–Crippen MR) is 82.3 cm³/mol. The first-order chi connectivity index (χ1) is 9.67. The predicted octanol–water partition coefficient (Wildman–Crippen LogP) is 3.47. The third-order valence-electron chi connectivity index (χ3n) is 4.20. The van der Waals surface area contributed by atoms with Crippen molar-refractivity contribution in [2.75, 3.05) is 20.3 Å². The van der Waals surface area contributed by atoms with Gasteiger partial charge in [0.05, 0.1) is 19.3 Å². The highest BCUT2D eigenvalue weighted by Crippen LogP contribution is 2.33. The van der Waals surface area contributed by atoms with Crippen LogP contribution >= 0.6 is 0 Å². The van der Waals surface area contributed by atoms with Gasteiger partial charge in [0.15, 0.2) is 0 Å². The molecule has 0 spiro atoms. The van der Waals surface area contributed by atoms with Gasteiger partial charge in [0.1, 0.15) is 5.75 Å². The van der Waals surface area contributed by atoms with Gasteiger partial charge < -0.3 is 14.8 Å². The molecule has 3 heteroatoms. The minimum Gasteiger partial charge on any atom is -0.497 e. The maximum atomic E-state index is 6.00. The SMILES string of the molecule is CCCNC(c1ccc(OC)cc1C)C1OCCC1C. The number of aryl methyl sites for hydroxylation is 1. The van der Waals surface area contributed by atoms with E-state index in [9.17, 15) is 0 Å². The summed E-state index contributed by atoms with van der Waals surface area (Å²) in [6.07, 6.45) is 2.56. The van der Waals surface area contributed by atoms with Crippen molar-refractivity contribution in [3.05, 3.63) is 29.3 Å². The molecule has 3 unspecified atom stereocenters. The summed E-state index contributed by atoms with van der Waals surface area (Å²) in [7, 11) is 1.71. The van der Waals surface area contributed by atoms with Gasteiger partial charge in [-0.15, -0.1) is 0 Å². The molecular formula is C17H27NO2. The molecule has 2 rings (SSSR count). The van der Waals surface area contributed by atoms with E-state index < -0.39 is 0 Å². The van der Waals surface area contributed by atoms with Crippen molar-refractivity contribution < 1.29 is 9.47 Å². The average molecular weight is 277 g/mol. The molecule has 1 N–H and O–H groups in total. The molecule has 1 aromatic rings. The molecule has 0 amide bonds. The molecule has 0 aromatic heterocycles. The smallest absolute Gasteiger partial charge is 0.119 e. The lowest BCUT2D eigenvalue weighted by Crippen LogP contribution is -2.35. The standard InChI is InChI=1S/C17H27NO2/c1-5-9-18-16(17-12(2)8-10-20-17)15-7-6-14(19-4)11-13(15)3/h6-7,11-12,16-18H,5,8-10H2,1-4H3. The van der Waals surface area contributed by atoms with Crippen molar-refractivity contribution in [3.63, 3.8) is 0 Å². The lowest BCUT2D eigenvalue weighted by atomic mass is 9.90. The summed E-state index contributed by atoms with van der Waals surface area (Å²) in [6, 6.07) is 6.60. The van der Waals surface area contributed by atoms with Crippen LogP contribution in [0.2, 0.25) is 0 Å². The Morgan fingerprint density at radius 2 is 2.25 bits per heavy atom. The van der Waals surface area contributed by atoms with Crippen LogP contribution in [0.25, 0.3) is 0 Å². The molecule has 0 aliphatic carbocycles. The highest BCUT2D eigenvalue weighted by Gasteiger charge is 2.33. The van der Waals surface area contributed by atoms with Crippen LogP contribution in [-0.4, -0.2) is 26.4 Å². The first-order valence-corrected chi connectivity index (χ1v) is 7.67. The second-order valence-corrected chi connectivity index (χ2v) is 5.76. The van der Waals surface area contributed by atoms with Crippen molar-refractivity contribution in [2.45, 2.75) is 45.8 Å². The number of rotatable bonds is 6. The molecule has 0 saturated carbocycles. The zero-order valence-electron chi connectivity index (χ0n) is 13.1. The zero-order valence-corrected chi connectivity index (χ0v) is 13.1. The molecule has 1 aliphatic rings. The first-order valence-electron chi connectivity index (χ1n) is 7.67. The number of hydrogen-bond acceptors (Lipinski definition) is 3. The Morgan fingerprint density at radius 3 is 2.80 bits per heavy atom. The number of methoxy groups -OCH3 is 1. The molecule has 3 nitrogen and oxygen atoms in total. The number of hydrogen-bond donors (Lipinski definition) is 1. The molecule has 1 heterocycles. The van der Waals surface area contributed by atoms with Gasteiger partial charge in [-0.05, 0) is 55.5 Å². The molecule has 1 fully saturated rings. The molecule has 112 valence electrons. The van der Waals surface area contributed by atoms with E-state index in [0.717, 1.165) is 31.7 Å². The van der Waals surface area contributed by atoms with Crippen LogP contribution in [-0.2, 0) is 4.74 Å². The normalized spacial score (nSPS) is 23.8. The van der Waals surface area contributed by atoms with Gasteiger partial charge in [-0.2, -0.15) is 0 Å². The second-order valence-electron chi connectivity index (χ2n) is 5.76. The Hall–Kier alpha value is -1.06. The van der Waals surface area contributed by atoms with Crippen molar-refractivity contribution >= 4 is 0 Å². The first kappa shape index (κ1) is 15.3. The van der Waals surface area contributed by atoms with Gasteiger partial charge in [0.25, 0.3) is 0 Å². The summed E-state index contributed by atoms with van der Waals surface area (Å²) < 4.78 is 11.3. The van der Waals surface area contributed by atoms with Gasteiger partial charge in [-0.1, -0.05) is 19.9 Å². The van der Waals surface area contributed by atoms with Gasteiger partial charge in [-0.25, -0.2) is 0 Å². The summed E-state index contributed by atoms with van der Waals surface area (Å²) in [5.41, 5.74) is 2.60. The van der Waals surface area contributed by atoms with Crippen LogP contribution in [0.4, 0.5) is 0 Å². The van der Waals surface area contributed by atoms with Gasteiger partial charge in [0, 0.05) is 6.61 Å². The Kier molecular flexibility index (Phi) is 5.44. The van der Waals surface area contributed by atoms with Crippen molar-refractivity contribution in [1.29, 1.82) is 0 Å². The summed E-state index contributed by atoms with van der Waals surface area (Å²) in [5, 5.41) is 3.67. The van der Waals surface area contributed by atoms with E-state index in [4.69, 9.17) is 9.47 Å². The summed E-state index contributed by atoms with van der Waals surface area (Å²) >= 11 is 0. The van der Waals surface area contributed by atoms with Crippen LogP contribution in [0.15, 0.2) is 18.2 Å². The topological polar surface area (TPSA) is 30.5 Å². The van der Waals surface area contributed by atoms with Gasteiger partial charge in [-0.3, -0.25) is 0 Å². The van der Waals surface area contributed by atoms with E-state index >= 15 is 0 Å². The molecule has 0 bridgehead atoms. The highest BCUT2D eigenvalue weighted by molar-refractivity contribution is 5.37. The zero-order chi connectivity index (χ0) is 14.5. The van der Waals surface area contributed by atoms with E-state index in [-0.39, 0.29) is 12.1 Å². The van der Waals surface area contributed by atoms with Gasteiger partial charge >= 0.3 is 0 Å². The molecule has 3 atom stereocenters. The maximum absolute atomic E-state index is 6.00. The Morgan fingerprint density at radius 1 is 1.45 bits per heavy atom. The largest absolute Gasteiger partial charge is 0.497 e. The van der Waals surface area contributed by atoms with Crippen molar-refractivity contribution in [3.8, 4) is 5.75 Å². The molecule has 0 radical (unpaired) electrons. The van der Waals surface area contributed by atoms with Crippen LogP contribution < -0.4 is 10.1 Å². The third kappa shape index (κ3) is 3.33. The minimum atomic E-state index is 0.272. The minimum absolute atomic E-state index is 0.272. The summed E-state index contributed by atoms with van der Waals surface area (Å²) in [5.74, 6) is 1.52. The lowest BCUT2D eigenvalue weighted by molar-refractivity contribution is 0.0605. The quantitative estimate of drug-likeness (QED) is 0.863. The fourth-order valence-corrected chi connectivity index (χ4v) is 2.97. The molecule has 20 heavy (non-hydrogen) atoms. The molecule has 1 saturated heterocycles. The lowest BCUT2D eigenvalue weighted by Gasteiger charge is -2.29. The Bertz CT molecular complexity index is 433. The van der Waals surface area contributed by atoms with E-state index in [2.05, 4.69) is 38.2 Å². The van der Waals surface area contributed by atoms with E-state index in [1.54, 1.807) is 7.11 Å². The second kappa shape index (κ2) is 7.09. The number of nitrogens with one attached hydrogen (secondary N) is 1. The van der Waals surface area contributed by atoms with Crippen molar-refractivity contribution in [1.82, 2.24) is 5.32 Å². The monoisotopic (exact) mass is 277 g/mol. The summed E-state index contributed by atoms with van der Waals surface area (Å²) in [6.45, 7) is 8.53. The molecule has 1 aromatic carbocycles. The van der Waals surface area contributed by atoms with Crippen LogP contribution in [0.3, 0.4) is 0 Å². The van der Waals surface area contributed by atoms with E-state index in [1.807, 2.05) is 6.07 Å².